The molecule has 0 radical (unpaired) electrons. The normalized spacial score (nSPS) is 13.1. The van der Waals surface area contributed by atoms with E-state index in [0.717, 1.165) is 19.7 Å². The van der Waals surface area contributed by atoms with Crippen molar-refractivity contribution in [2.75, 3.05) is 26.8 Å². The van der Waals surface area contributed by atoms with Gasteiger partial charge in [-0.25, -0.2) is 0 Å². The quantitative estimate of drug-likeness (QED) is 0.611. The summed E-state index contributed by atoms with van der Waals surface area (Å²) in [5, 5.41) is 3.55. The van der Waals surface area contributed by atoms with Gasteiger partial charge >= 0.3 is 0 Å². The largest absolute Gasteiger partial charge is 0.384 e. The van der Waals surface area contributed by atoms with Gasteiger partial charge < -0.3 is 10.1 Å². The topological polar surface area (TPSA) is 21.3 Å². The highest BCUT2D eigenvalue weighted by molar-refractivity contribution is 4.80. The zero-order valence-corrected chi connectivity index (χ0v) is 12.2. The van der Waals surface area contributed by atoms with Crippen LogP contribution in [0.15, 0.2) is 0 Å². The smallest absolute Gasteiger partial charge is 0.0513 e. The van der Waals surface area contributed by atoms with Crippen molar-refractivity contribution in [3.05, 3.63) is 0 Å². The average molecular weight is 229 g/mol. The van der Waals surface area contributed by atoms with Crippen molar-refractivity contribution in [3.8, 4) is 0 Å². The van der Waals surface area contributed by atoms with Gasteiger partial charge in [0.25, 0.3) is 0 Å². The molecule has 0 atom stereocenters. The maximum absolute atomic E-state index is 5.28. The van der Waals surface area contributed by atoms with Gasteiger partial charge in [-0.05, 0) is 30.2 Å². The zero-order valence-electron chi connectivity index (χ0n) is 12.2. The molecule has 2 nitrogen and oxygen atoms in total. The van der Waals surface area contributed by atoms with E-state index in [1.165, 1.54) is 19.3 Å². The molecular formula is C14H31NO. The van der Waals surface area contributed by atoms with Crippen molar-refractivity contribution in [3.63, 3.8) is 0 Å². The zero-order chi connectivity index (χ0) is 12.7. The first-order valence-electron chi connectivity index (χ1n) is 6.53. The summed E-state index contributed by atoms with van der Waals surface area (Å²) < 4.78 is 5.28. The van der Waals surface area contributed by atoms with E-state index in [9.17, 15) is 0 Å². The molecular weight excluding hydrogens is 198 g/mol. The molecule has 98 valence electrons. The predicted molar refractivity (Wildman–Crippen MR) is 71.8 cm³/mol. The number of rotatable bonds is 9. The minimum absolute atomic E-state index is 0.269. The van der Waals surface area contributed by atoms with Crippen LogP contribution >= 0.6 is 0 Å². The van der Waals surface area contributed by atoms with Crippen LogP contribution in [0.1, 0.15) is 53.9 Å². The number of hydrogen-bond donors (Lipinski definition) is 1. The third-order valence-electron chi connectivity index (χ3n) is 2.80. The SMILES string of the molecule is CCCCNCC(C)(C)CC(C)(C)COC. The van der Waals surface area contributed by atoms with Crippen LogP contribution < -0.4 is 5.32 Å². The fourth-order valence-electron chi connectivity index (χ4n) is 2.53. The Bertz CT molecular complexity index is 176. The Labute approximate surface area is 102 Å². The Hall–Kier alpha value is -0.0800. The molecule has 0 aliphatic heterocycles. The Morgan fingerprint density at radius 3 is 2.19 bits per heavy atom. The molecule has 2 heteroatoms. The molecule has 0 aliphatic carbocycles. The summed E-state index contributed by atoms with van der Waals surface area (Å²) in [5.41, 5.74) is 0.612. The van der Waals surface area contributed by atoms with Gasteiger partial charge in [0, 0.05) is 13.7 Å². The molecule has 0 unspecified atom stereocenters. The van der Waals surface area contributed by atoms with E-state index in [4.69, 9.17) is 4.74 Å². The van der Waals surface area contributed by atoms with Crippen LogP contribution in [0.2, 0.25) is 0 Å². The lowest BCUT2D eigenvalue weighted by Gasteiger charge is -2.34. The number of ether oxygens (including phenoxy) is 1. The minimum atomic E-state index is 0.269. The third kappa shape index (κ3) is 8.12. The van der Waals surface area contributed by atoms with Gasteiger partial charge in [0.15, 0.2) is 0 Å². The fourth-order valence-corrected chi connectivity index (χ4v) is 2.53. The Kier molecular flexibility index (Phi) is 7.25. The molecule has 0 rings (SSSR count). The van der Waals surface area contributed by atoms with E-state index in [2.05, 4.69) is 39.9 Å². The van der Waals surface area contributed by atoms with Crippen LogP contribution in [0.3, 0.4) is 0 Å². The van der Waals surface area contributed by atoms with Crippen molar-refractivity contribution in [2.24, 2.45) is 10.8 Å². The minimum Gasteiger partial charge on any atom is -0.384 e. The monoisotopic (exact) mass is 229 g/mol. The van der Waals surface area contributed by atoms with Gasteiger partial charge in [-0.3, -0.25) is 0 Å². The van der Waals surface area contributed by atoms with Gasteiger partial charge in [0.2, 0.25) is 0 Å². The molecule has 0 fully saturated rings. The second kappa shape index (κ2) is 7.29. The standard InChI is InChI=1S/C14H31NO/c1-7-8-9-15-11-13(2,3)10-14(4,5)12-16-6/h15H,7-12H2,1-6H3. The number of hydrogen-bond acceptors (Lipinski definition) is 2. The molecule has 0 heterocycles. The Morgan fingerprint density at radius 1 is 1.06 bits per heavy atom. The van der Waals surface area contributed by atoms with Gasteiger partial charge in [0.05, 0.1) is 6.61 Å². The maximum atomic E-state index is 5.28. The highest BCUT2D eigenvalue weighted by atomic mass is 16.5. The third-order valence-corrected chi connectivity index (χ3v) is 2.80. The van der Waals surface area contributed by atoms with Crippen LogP contribution in [0.4, 0.5) is 0 Å². The predicted octanol–water partition coefficient (Wildman–Crippen LogP) is 3.47. The maximum Gasteiger partial charge on any atom is 0.0513 e. The molecule has 0 aromatic carbocycles. The summed E-state index contributed by atoms with van der Waals surface area (Å²) in [5.74, 6) is 0. The summed E-state index contributed by atoms with van der Waals surface area (Å²) in [6, 6.07) is 0. The first-order valence-corrected chi connectivity index (χ1v) is 6.53. The van der Waals surface area contributed by atoms with E-state index >= 15 is 0 Å². The average Bonchev–Trinajstić information content (AvgIpc) is 2.10. The fraction of sp³-hybridized carbons (Fsp3) is 1.00. The molecule has 0 saturated heterocycles. The van der Waals surface area contributed by atoms with Crippen molar-refractivity contribution < 1.29 is 4.74 Å². The summed E-state index contributed by atoms with van der Waals surface area (Å²) in [4.78, 5) is 0. The first kappa shape index (κ1) is 15.9. The molecule has 0 aromatic rings. The molecule has 0 aromatic heterocycles. The molecule has 0 bridgehead atoms. The Morgan fingerprint density at radius 2 is 1.69 bits per heavy atom. The molecule has 0 aliphatic rings. The number of methoxy groups -OCH3 is 1. The van der Waals surface area contributed by atoms with E-state index in [-0.39, 0.29) is 5.41 Å². The second-order valence-corrected chi connectivity index (χ2v) is 6.47. The lowest BCUT2D eigenvalue weighted by Crippen LogP contribution is -2.35. The lowest BCUT2D eigenvalue weighted by atomic mass is 9.75. The molecule has 16 heavy (non-hydrogen) atoms. The highest BCUT2D eigenvalue weighted by Gasteiger charge is 2.28. The summed E-state index contributed by atoms with van der Waals surface area (Å²) in [7, 11) is 1.79. The highest BCUT2D eigenvalue weighted by Crippen LogP contribution is 2.33. The summed E-state index contributed by atoms with van der Waals surface area (Å²) >= 11 is 0. The van der Waals surface area contributed by atoms with Crippen molar-refractivity contribution in [2.45, 2.75) is 53.9 Å². The van der Waals surface area contributed by atoms with Crippen LogP contribution in [-0.4, -0.2) is 26.8 Å². The second-order valence-electron chi connectivity index (χ2n) is 6.47. The van der Waals surface area contributed by atoms with Crippen LogP contribution in [0, 0.1) is 10.8 Å². The summed E-state index contributed by atoms with van der Waals surface area (Å²) in [6.07, 6.45) is 3.73. The van der Waals surface area contributed by atoms with E-state index in [1.807, 2.05) is 0 Å². The van der Waals surface area contributed by atoms with E-state index in [1.54, 1.807) is 7.11 Å². The number of unbranched alkanes of at least 4 members (excludes halogenated alkanes) is 1. The van der Waals surface area contributed by atoms with Crippen molar-refractivity contribution in [1.82, 2.24) is 5.32 Å². The van der Waals surface area contributed by atoms with Gasteiger partial charge in [-0.15, -0.1) is 0 Å². The Balaban J connectivity index is 3.93. The van der Waals surface area contributed by atoms with E-state index < -0.39 is 0 Å². The number of nitrogens with one attached hydrogen (secondary N) is 1. The van der Waals surface area contributed by atoms with Gasteiger partial charge in [-0.1, -0.05) is 41.0 Å². The molecule has 1 N–H and O–H groups in total. The van der Waals surface area contributed by atoms with Crippen LogP contribution in [0.5, 0.6) is 0 Å². The van der Waals surface area contributed by atoms with Crippen molar-refractivity contribution in [1.29, 1.82) is 0 Å². The van der Waals surface area contributed by atoms with Crippen molar-refractivity contribution >= 4 is 0 Å². The van der Waals surface area contributed by atoms with Crippen LogP contribution in [-0.2, 0) is 4.74 Å². The molecule has 0 spiro atoms. The van der Waals surface area contributed by atoms with E-state index in [0.29, 0.717) is 5.41 Å². The summed E-state index contributed by atoms with van der Waals surface area (Å²) in [6.45, 7) is 14.5. The van der Waals surface area contributed by atoms with Gasteiger partial charge in [-0.2, -0.15) is 0 Å². The van der Waals surface area contributed by atoms with Crippen LogP contribution in [0.25, 0.3) is 0 Å². The lowest BCUT2D eigenvalue weighted by molar-refractivity contribution is 0.0675. The molecule has 0 saturated carbocycles. The van der Waals surface area contributed by atoms with Gasteiger partial charge in [0.1, 0.15) is 0 Å². The first-order chi connectivity index (χ1) is 7.33. The molecule has 0 amide bonds.